The second-order valence-electron chi connectivity index (χ2n) is 4.37. The van der Waals surface area contributed by atoms with Crippen molar-refractivity contribution >= 4 is 28.8 Å². The first-order valence-electron chi connectivity index (χ1n) is 6.21. The zero-order chi connectivity index (χ0) is 14.8. The molecule has 0 bridgehead atoms. The van der Waals surface area contributed by atoms with Crippen molar-refractivity contribution in [2.24, 2.45) is 0 Å². The molecule has 0 aliphatic rings. The summed E-state index contributed by atoms with van der Waals surface area (Å²) in [6, 6.07) is 8.60. The standard InChI is InChI=1S/C14H12N4O2S/c1-9-8-12(18(17-9)14-15-6-7-21-14)16-11-5-3-2-4-10(11)13(19)20/h2-8,16H,1H3,(H,19,20). The summed E-state index contributed by atoms with van der Waals surface area (Å²) in [6.07, 6.45) is 1.70. The van der Waals surface area contributed by atoms with Gasteiger partial charge in [-0.15, -0.1) is 11.3 Å². The second kappa shape index (κ2) is 5.37. The number of hydrogen-bond donors (Lipinski definition) is 2. The lowest BCUT2D eigenvalue weighted by atomic mass is 10.2. The molecule has 0 aliphatic carbocycles. The molecule has 0 spiro atoms. The Hall–Kier alpha value is -2.67. The first kappa shape index (κ1) is 13.3. The van der Waals surface area contributed by atoms with E-state index in [9.17, 15) is 9.90 Å². The molecule has 2 aromatic heterocycles. The normalized spacial score (nSPS) is 10.5. The van der Waals surface area contributed by atoms with Crippen LogP contribution >= 0.6 is 11.3 Å². The number of nitrogens with zero attached hydrogens (tertiary/aromatic N) is 3. The molecule has 0 amide bonds. The van der Waals surface area contributed by atoms with Crippen molar-refractivity contribution in [2.45, 2.75) is 6.92 Å². The Kier molecular flexibility index (Phi) is 3.41. The molecule has 6 nitrogen and oxygen atoms in total. The highest BCUT2D eigenvalue weighted by atomic mass is 32.1. The van der Waals surface area contributed by atoms with Gasteiger partial charge >= 0.3 is 5.97 Å². The van der Waals surface area contributed by atoms with E-state index in [-0.39, 0.29) is 5.56 Å². The van der Waals surface area contributed by atoms with Gasteiger partial charge in [-0.2, -0.15) is 9.78 Å². The molecule has 21 heavy (non-hydrogen) atoms. The van der Waals surface area contributed by atoms with E-state index in [1.54, 1.807) is 35.1 Å². The Bertz CT molecular complexity index is 780. The summed E-state index contributed by atoms with van der Waals surface area (Å²) in [5.74, 6) is -0.300. The van der Waals surface area contributed by atoms with E-state index >= 15 is 0 Å². The molecule has 7 heteroatoms. The van der Waals surface area contributed by atoms with Crippen LogP contribution in [0.3, 0.4) is 0 Å². The number of anilines is 2. The third-order valence-electron chi connectivity index (χ3n) is 2.85. The second-order valence-corrected chi connectivity index (χ2v) is 5.25. The van der Waals surface area contributed by atoms with Crippen molar-refractivity contribution in [1.82, 2.24) is 14.8 Å². The summed E-state index contributed by atoms with van der Waals surface area (Å²) in [5.41, 5.74) is 1.55. The average Bonchev–Trinajstić information content (AvgIpc) is 3.08. The van der Waals surface area contributed by atoms with Crippen LogP contribution in [0, 0.1) is 6.92 Å². The van der Waals surface area contributed by atoms with Crippen LogP contribution in [0.4, 0.5) is 11.5 Å². The zero-order valence-corrected chi connectivity index (χ0v) is 12.0. The van der Waals surface area contributed by atoms with Crippen LogP contribution in [0.15, 0.2) is 41.9 Å². The molecule has 0 atom stereocenters. The molecular formula is C14H12N4O2S. The van der Waals surface area contributed by atoms with Crippen LogP contribution in [0.1, 0.15) is 16.1 Å². The molecule has 0 saturated carbocycles. The fourth-order valence-corrected chi connectivity index (χ4v) is 2.58. The molecule has 0 radical (unpaired) electrons. The van der Waals surface area contributed by atoms with Gasteiger partial charge in [0.05, 0.1) is 16.9 Å². The van der Waals surface area contributed by atoms with Gasteiger partial charge in [0.2, 0.25) is 5.13 Å². The number of hydrogen-bond acceptors (Lipinski definition) is 5. The molecule has 3 aromatic rings. The number of para-hydroxylation sites is 1. The van der Waals surface area contributed by atoms with E-state index in [0.717, 1.165) is 10.8 Å². The van der Waals surface area contributed by atoms with Crippen LogP contribution in [0.2, 0.25) is 0 Å². The lowest BCUT2D eigenvalue weighted by molar-refractivity contribution is 0.0698. The highest BCUT2D eigenvalue weighted by Gasteiger charge is 2.13. The first-order chi connectivity index (χ1) is 10.1. The topological polar surface area (TPSA) is 80.0 Å². The van der Waals surface area contributed by atoms with E-state index in [0.29, 0.717) is 11.5 Å². The molecule has 1 aromatic carbocycles. The minimum absolute atomic E-state index is 0.210. The zero-order valence-electron chi connectivity index (χ0n) is 11.1. The van der Waals surface area contributed by atoms with E-state index in [1.807, 2.05) is 18.4 Å². The fourth-order valence-electron chi connectivity index (χ4n) is 1.97. The van der Waals surface area contributed by atoms with Crippen molar-refractivity contribution in [3.8, 4) is 5.13 Å². The number of aromatic nitrogens is 3. The maximum atomic E-state index is 11.3. The van der Waals surface area contributed by atoms with Gasteiger partial charge in [-0.05, 0) is 19.1 Å². The van der Waals surface area contributed by atoms with Crippen LogP contribution in [-0.2, 0) is 0 Å². The number of benzene rings is 1. The average molecular weight is 300 g/mol. The molecule has 0 saturated heterocycles. The summed E-state index contributed by atoms with van der Waals surface area (Å²) >= 11 is 1.46. The molecular weight excluding hydrogens is 288 g/mol. The maximum absolute atomic E-state index is 11.3. The summed E-state index contributed by atoms with van der Waals surface area (Å²) < 4.78 is 1.67. The lowest BCUT2D eigenvalue weighted by Gasteiger charge is -2.10. The van der Waals surface area contributed by atoms with Crippen molar-refractivity contribution in [1.29, 1.82) is 0 Å². The smallest absolute Gasteiger partial charge is 0.337 e. The largest absolute Gasteiger partial charge is 0.478 e. The van der Waals surface area contributed by atoms with Gasteiger partial charge in [0, 0.05) is 17.6 Å². The van der Waals surface area contributed by atoms with Crippen molar-refractivity contribution in [2.75, 3.05) is 5.32 Å². The summed E-state index contributed by atoms with van der Waals surface area (Å²) in [5, 5.41) is 19.3. The minimum atomic E-state index is -0.977. The Balaban J connectivity index is 2.02. The van der Waals surface area contributed by atoms with E-state index < -0.39 is 5.97 Å². The number of carboxylic acids is 1. The van der Waals surface area contributed by atoms with Gasteiger partial charge in [0.15, 0.2) is 0 Å². The monoisotopic (exact) mass is 300 g/mol. The number of carboxylic acid groups (broad SMARTS) is 1. The van der Waals surface area contributed by atoms with Crippen molar-refractivity contribution < 1.29 is 9.90 Å². The molecule has 0 unspecified atom stereocenters. The lowest BCUT2D eigenvalue weighted by Crippen LogP contribution is -2.06. The van der Waals surface area contributed by atoms with E-state index in [1.165, 1.54) is 11.3 Å². The number of thiazole rings is 1. The van der Waals surface area contributed by atoms with Crippen LogP contribution < -0.4 is 5.32 Å². The third-order valence-corrected chi connectivity index (χ3v) is 3.60. The highest BCUT2D eigenvalue weighted by molar-refractivity contribution is 7.12. The quantitative estimate of drug-likeness (QED) is 0.774. The van der Waals surface area contributed by atoms with Gasteiger partial charge < -0.3 is 10.4 Å². The maximum Gasteiger partial charge on any atom is 0.337 e. The molecule has 106 valence electrons. The first-order valence-corrected chi connectivity index (χ1v) is 7.09. The Morgan fingerprint density at radius 1 is 1.38 bits per heavy atom. The Morgan fingerprint density at radius 2 is 2.19 bits per heavy atom. The number of carbonyl (C=O) groups is 1. The number of nitrogens with one attached hydrogen (secondary N) is 1. The Labute approximate surface area is 124 Å². The summed E-state index contributed by atoms with van der Waals surface area (Å²) in [4.78, 5) is 15.5. The van der Waals surface area contributed by atoms with Crippen LogP contribution in [0.5, 0.6) is 0 Å². The molecule has 2 N–H and O–H groups in total. The summed E-state index contributed by atoms with van der Waals surface area (Å²) in [7, 11) is 0. The minimum Gasteiger partial charge on any atom is -0.478 e. The number of aryl methyl sites for hydroxylation is 1. The van der Waals surface area contributed by atoms with Crippen LogP contribution in [0.25, 0.3) is 5.13 Å². The van der Waals surface area contributed by atoms with E-state index in [4.69, 9.17) is 0 Å². The summed E-state index contributed by atoms with van der Waals surface area (Å²) in [6.45, 7) is 1.87. The predicted molar refractivity (Wildman–Crippen MR) is 80.7 cm³/mol. The molecule has 2 heterocycles. The van der Waals surface area contributed by atoms with E-state index in [2.05, 4.69) is 15.4 Å². The third kappa shape index (κ3) is 2.63. The van der Waals surface area contributed by atoms with Gasteiger partial charge in [-0.25, -0.2) is 9.78 Å². The van der Waals surface area contributed by atoms with Crippen molar-refractivity contribution in [3.05, 3.63) is 53.2 Å². The van der Waals surface area contributed by atoms with Gasteiger partial charge in [0.25, 0.3) is 0 Å². The molecule has 3 rings (SSSR count). The molecule has 0 fully saturated rings. The van der Waals surface area contributed by atoms with Gasteiger partial charge in [-0.3, -0.25) is 0 Å². The number of aromatic carboxylic acids is 1. The predicted octanol–water partition coefficient (Wildman–Crippen LogP) is 3.08. The SMILES string of the molecule is Cc1cc(Nc2ccccc2C(=O)O)n(-c2nccs2)n1. The van der Waals surface area contributed by atoms with Crippen molar-refractivity contribution in [3.63, 3.8) is 0 Å². The highest BCUT2D eigenvalue weighted by Crippen LogP contribution is 2.24. The van der Waals surface area contributed by atoms with Gasteiger partial charge in [-0.1, -0.05) is 12.1 Å². The Morgan fingerprint density at radius 3 is 2.90 bits per heavy atom. The fraction of sp³-hybridized carbons (Fsp3) is 0.0714. The van der Waals surface area contributed by atoms with Gasteiger partial charge in [0.1, 0.15) is 5.82 Å². The molecule has 0 aliphatic heterocycles. The number of rotatable bonds is 4. The van der Waals surface area contributed by atoms with Crippen LogP contribution in [-0.4, -0.2) is 25.8 Å².